The van der Waals surface area contributed by atoms with E-state index >= 15 is 0 Å². The third-order valence-electron chi connectivity index (χ3n) is 3.74. The number of rotatable bonds is 7. The number of thiazole rings is 1. The van der Waals surface area contributed by atoms with Gasteiger partial charge in [-0.2, -0.15) is 5.10 Å². The topological polar surface area (TPSA) is 65.0 Å². The Morgan fingerprint density at radius 2 is 1.67 bits per heavy atom. The zero-order valence-corrected chi connectivity index (χ0v) is 16.6. The average molecular weight is 404 g/mol. The van der Waals surface area contributed by atoms with Crippen molar-refractivity contribution in [3.8, 4) is 28.5 Å². The molecule has 6 nitrogen and oxygen atoms in total. The Hall–Kier alpha value is -2.77. The fourth-order valence-corrected chi connectivity index (χ4v) is 3.18. The maximum Gasteiger partial charge on any atom is 0.203 e. The van der Waals surface area contributed by atoms with E-state index < -0.39 is 0 Å². The fourth-order valence-electron chi connectivity index (χ4n) is 2.39. The lowest BCUT2D eigenvalue weighted by atomic mass is 10.2. The summed E-state index contributed by atoms with van der Waals surface area (Å²) in [4.78, 5) is 4.52. The first-order chi connectivity index (χ1) is 13.1. The minimum atomic E-state index is 0.590. The van der Waals surface area contributed by atoms with Crippen LogP contribution in [0.4, 0.5) is 5.13 Å². The highest BCUT2D eigenvalue weighted by Crippen LogP contribution is 2.34. The van der Waals surface area contributed by atoms with E-state index in [9.17, 15) is 0 Å². The van der Waals surface area contributed by atoms with E-state index in [2.05, 4.69) is 15.5 Å². The molecule has 0 saturated carbocycles. The summed E-state index contributed by atoms with van der Waals surface area (Å²) in [5.74, 6) is 1.81. The van der Waals surface area contributed by atoms with Crippen LogP contribution in [0.15, 0.2) is 46.9 Å². The van der Waals surface area contributed by atoms with E-state index in [-0.39, 0.29) is 0 Å². The van der Waals surface area contributed by atoms with Crippen LogP contribution in [0, 0.1) is 0 Å². The summed E-state index contributed by atoms with van der Waals surface area (Å²) in [5.41, 5.74) is 5.54. The first kappa shape index (κ1) is 19.0. The molecule has 27 heavy (non-hydrogen) atoms. The molecule has 0 radical (unpaired) electrons. The standard InChI is InChI=1S/C19H18ClN3O3S/c1-24-16-9-18(26-3)17(25-2)8-13(16)10-21-23-19-22-15(11-27-19)12-4-6-14(20)7-5-12/h4-11H,1-3H3,(H,22,23)/b21-10+. The van der Waals surface area contributed by atoms with Crippen molar-refractivity contribution in [2.24, 2.45) is 5.10 Å². The van der Waals surface area contributed by atoms with Crippen LogP contribution >= 0.6 is 22.9 Å². The van der Waals surface area contributed by atoms with Crippen molar-refractivity contribution in [1.82, 2.24) is 4.98 Å². The summed E-state index contributed by atoms with van der Waals surface area (Å²) >= 11 is 7.38. The molecule has 0 bridgehead atoms. The van der Waals surface area contributed by atoms with E-state index in [4.69, 9.17) is 25.8 Å². The van der Waals surface area contributed by atoms with E-state index in [1.54, 1.807) is 39.7 Å². The Balaban J connectivity index is 1.75. The van der Waals surface area contributed by atoms with Crippen molar-refractivity contribution in [2.45, 2.75) is 0 Å². The first-order valence-corrected chi connectivity index (χ1v) is 9.21. The van der Waals surface area contributed by atoms with Gasteiger partial charge in [-0.15, -0.1) is 11.3 Å². The number of hydrogen-bond donors (Lipinski definition) is 1. The molecule has 0 amide bonds. The molecule has 0 fully saturated rings. The van der Waals surface area contributed by atoms with Crippen LogP contribution in [-0.4, -0.2) is 32.5 Å². The zero-order valence-electron chi connectivity index (χ0n) is 15.0. The van der Waals surface area contributed by atoms with Crippen LogP contribution in [0.5, 0.6) is 17.2 Å². The number of aromatic nitrogens is 1. The molecule has 0 spiro atoms. The number of methoxy groups -OCH3 is 3. The molecule has 0 atom stereocenters. The minimum Gasteiger partial charge on any atom is -0.496 e. The van der Waals surface area contributed by atoms with Crippen molar-refractivity contribution in [3.63, 3.8) is 0 Å². The van der Waals surface area contributed by atoms with Crippen molar-refractivity contribution in [1.29, 1.82) is 0 Å². The van der Waals surface area contributed by atoms with Crippen LogP contribution in [0.25, 0.3) is 11.3 Å². The lowest BCUT2D eigenvalue weighted by molar-refractivity contribution is 0.349. The normalized spacial score (nSPS) is 10.8. The Bertz CT molecular complexity index is 942. The van der Waals surface area contributed by atoms with Crippen molar-refractivity contribution in [2.75, 3.05) is 26.8 Å². The summed E-state index contributed by atoms with van der Waals surface area (Å²) in [7, 11) is 4.75. The molecule has 1 N–H and O–H groups in total. The Morgan fingerprint density at radius 3 is 2.33 bits per heavy atom. The monoisotopic (exact) mass is 403 g/mol. The molecule has 140 valence electrons. The maximum absolute atomic E-state index is 5.92. The second-order valence-corrected chi connectivity index (χ2v) is 6.66. The smallest absolute Gasteiger partial charge is 0.203 e. The Morgan fingerprint density at radius 1 is 1.00 bits per heavy atom. The Labute approximate surface area is 166 Å². The number of ether oxygens (including phenoxy) is 3. The molecular weight excluding hydrogens is 386 g/mol. The van der Waals surface area contributed by atoms with Crippen molar-refractivity contribution >= 4 is 34.3 Å². The third-order valence-corrected chi connectivity index (χ3v) is 4.74. The highest BCUT2D eigenvalue weighted by molar-refractivity contribution is 7.14. The molecular formula is C19H18ClN3O3S. The largest absolute Gasteiger partial charge is 0.496 e. The van der Waals surface area contributed by atoms with Gasteiger partial charge in [0, 0.05) is 27.6 Å². The van der Waals surface area contributed by atoms with E-state index in [1.165, 1.54) is 11.3 Å². The predicted molar refractivity (Wildman–Crippen MR) is 110 cm³/mol. The summed E-state index contributed by atoms with van der Waals surface area (Å²) in [6.45, 7) is 0. The van der Waals surface area contributed by atoms with Gasteiger partial charge < -0.3 is 14.2 Å². The van der Waals surface area contributed by atoms with Crippen LogP contribution < -0.4 is 19.6 Å². The van der Waals surface area contributed by atoms with E-state index in [0.29, 0.717) is 27.4 Å². The maximum atomic E-state index is 5.92. The summed E-state index contributed by atoms with van der Waals surface area (Å²) in [6, 6.07) is 11.1. The second kappa shape index (κ2) is 8.75. The molecule has 2 aromatic carbocycles. The molecule has 1 aromatic heterocycles. The van der Waals surface area contributed by atoms with Gasteiger partial charge in [0.1, 0.15) is 5.75 Å². The van der Waals surface area contributed by atoms with Gasteiger partial charge in [-0.1, -0.05) is 23.7 Å². The van der Waals surface area contributed by atoms with Gasteiger partial charge >= 0.3 is 0 Å². The van der Waals surface area contributed by atoms with Crippen molar-refractivity contribution < 1.29 is 14.2 Å². The van der Waals surface area contributed by atoms with Gasteiger partial charge in [0.05, 0.1) is 33.2 Å². The van der Waals surface area contributed by atoms with Gasteiger partial charge in [0.15, 0.2) is 11.5 Å². The second-order valence-electron chi connectivity index (χ2n) is 5.36. The summed E-state index contributed by atoms with van der Waals surface area (Å²) in [6.07, 6.45) is 1.64. The fraction of sp³-hybridized carbons (Fsp3) is 0.158. The Kier molecular flexibility index (Phi) is 6.16. The quantitative estimate of drug-likeness (QED) is 0.447. The number of halogens is 1. The predicted octanol–water partition coefficient (Wildman–Crippen LogP) is 4.94. The highest BCUT2D eigenvalue weighted by Gasteiger charge is 2.10. The van der Waals surface area contributed by atoms with Gasteiger partial charge in [0.2, 0.25) is 5.13 Å². The minimum absolute atomic E-state index is 0.590. The number of benzene rings is 2. The first-order valence-electron chi connectivity index (χ1n) is 7.95. The van der Waals surface area contributed by atoms with E-state index in [1.807, 2.05) is 29.6 Å². The molecule has 3 rings (SSSR count). The molecule has 3 aromatic rings. The highest BCUT2D eigenvalue weighted by atomic mass is 35.5. The van der Waals surface area contributed by atoms with Crippen LogP contribution in [0.1, 0.15) is 5.56 Å². The van der Waals surface area contributed by atoms with Gasteiger partial charge in [-0.3, -0.25) is 5.43 Å². The molecule has 0 unspecified atom stereocenters. The number of nitrogens with one attached hydrogen (secondary N) is 1. The molecule has 1 heterocycles. The molecule has 0 aliphatic heterocycles. The van der Waals surface area contributed by atoms with E-state index in [0.717, 1.165) is 16.8 Å². The zero-order chi connectivity index (χ0) is 19.2. The lowest BCUT2D eigenvalue weighted by Crippen LogP contribution is -1.98. The van der Waals surface area contributed by atoms with Gasteiger partial charge in [0.25, 0.3) is 0 Å². The molecule has 0 saturated heterocycles. The summed E-state index contributed by atoms with van der Waals surface area (Å²) in [5, 5.41) is 7.58. The summed E-state index contributed by atoms with van der Waals surface area (Å²) < 4.78 is 16.0. The average Bonchev–Trinajstić information content (AvgIpc) is 3.17. The van der Waals surface area contributed by atoms with Crippen LogP contribution in [-0.2, 0) is 0 Å². The van der Waals surface area contributed by atoms with Gasteiger partial charge in [-0.05, 0) is 18.2 Å². The lowest BCUT2D eigenvalue weighted by Gasteiger charge is -2.11. The molecule has 8 heteroatoms. The SMILES string of the molecule is COc1cc(OC)c(OC)cc1/C=N/Nc1nc(-c2ccc(Cl)cc2)cs1. The number of anilines is 1. The van der Waals surface area contributed by atoms with Gasteiger partial charge in [-0.25, -0.2) is 4.98 Å². The number of nitrogens with zero attached hydrogens (tertiary/aromatic N) is 2. The van der Waals surface area contributed by atoms with Crippen LogP contribution in [0.3, 0.4) is 0 Å². The third kappa shape index (κ3) is 4.50. The molecule has 0 aliphatic carbocycles. The van der Waals surface area contributed by atoms with Crippen molar-refractivity contribution in [3.05, 3.63) is 52.4 Å². The molecule has 0 aliphatic rings. The van der Waals surface area contributed by atoms with Crippen LogP contribution in [0.2, 0.25) is 5.02 Å². The number of hydrazone groups is 1. The number of hydrogen-bond acceptors (Lipinski definition) is 7.